The lowest BCUT2D eigenvalue weighted by molar-refractivity contribution is -0.197. The van der Waals surface area contributed by atoms with Crippen LogP contribution in [0.15, 0.2) is 0 Å². The van der Waals surface area contributed by atoms with Crippen LogP contribution < -0.4 is 0 Å². The molecule has 0 aromatic rings. The number of rotatable bonds is 8. The molecule has 3 heteroatoms. The quantitative estimate of drug-likeness (QED) is 0.483. The Bertz CT molecular complexity index is 246. The van der Waals surface area contributed by atoms with Crippen LogP contribution in [0, 0.1) is 5.92 Å². The van der Waals surface area contributed by atoms with Crippen molar-refractivity contribution in [3.63, 3.8) is 0 Å². The zero-order valence-electron chi connectivity index (χ0n) is 12.8. The molecule has 0 aromatic heterocycles. The van der Waals surface area contributed by atoms with Gasteiger partial charge in [0.05, 0.1) is 12.0 Å². The van der Waals surface area contributed by atoms with Crippen molar-refractivity contribution in [2.75, 3.05) is 0 Å². The summed E-state index contributed by atoms with van der Waals surface area (Å²) in [5.41, 5.74) is 0. The summed E-state index contributed by atoms with van der Waals surface area (Å²) in [5, 5.41) is 0. The van der Waals surface area contributed by atoms with Gasteiger partial charge in [0.2, 0.25) is 6.29 Å². The smallest absolute Gasteiger partial charge is 0.311 e. The Kier molecular flexibility index (Phi) is 8.11. The van der Waals surface area contributed by atoms with E-state index in [9.17, 15) is 4.79 Å². The fraction of sp³-hybridized carbons (Fsp3) is 0.938. The van der Waals surface area contributed by atoms with Crippen molar-refractivity contribution in [1.29, 1.82) is 0 Å². The first kappa shape index (κ1) is 16.5. The molecule has 1 aliphatic rings. The van der Waals surface area contributed by atoms with Gasteiger partial charge in [-0.05, 0) is 25.7 Å². The Morgan fingerprint density at radius 2 is 1.79 bits per heavy atom. The molecule has 1 aliphatic carbocycles. The molecule has 0 radical (unpaired) electrons. The van der Waals surface area contributed by atoms with E-state index in [1.165, 1.54) is 19.3 Å². The normalized spacial score (nSPS) is 19.9. The summed E-state index contributed by atoms with van der Waals surface area (Å²) in [4.78, 5) is 12.1. The van der Waals surface area contributed by atoms with Crippen LogP contribution in [-0.2, 0) is 14.3 Å². The molecule has 0 aliphatic heterocycles. The molecule has 112 valence electrons. The topological polar surface area (TPSA) is 35.5 Å². The summed E-state index contributed by atoms with van der Waals surface area (Å²) >= 11 is 0. The number of carbonyl (C=O) groups excluding carboxylic acids is 1. The number of hydrogen-bond acceptors (Lipinski definition) is 3. The Balaban J connectivity index is 2.39. The fourth-order valence-electron chi connectivity index (χ4n) is 2.69. The Hall–Kier alpha value is -0.570. The second-order valence-electron chi connectivity index (χ2n) is 5.56. The lowest BCUT2D eigenvalue weighted by Crippen LogP contribution is -2.30. The van der Waals surface area contributed by atoms with Gasteiger partial charge in [-0.25, -0.2) is 0 Å². The summed E-state index contributed by atoms with van der Waals surface area (Å²) in [5.74, 6) is -0.0407. The lowest BCUT2D eigenvalue weighted by Gasteiger charge is -2.27. The molecule has 0 saturated heterocycles. The molecule has 0 amide bonds. The molecule has 3 nitrogen and oxygen atoms in total. The summed E-state index contributed by atoms with van der Waals surface area (Å²) in [6.45, 7) is 6.16. The van der Waals surface area contributed by atoms with E-state index in [4.69, 9.17) is 9.47 Å². The summed E-state index contributed by atoms with van der Waals surface area (Å²) < 4.78 is 11.5. The highest BCUT2D eigenvalue weighted by Crippen LogP contribution is 2.23. The number of hydrogen-bond donors (Lipinski definition) is 0. The van der Waals surface area contributed by atoms with Crippen LogP contribution in [-0.4, -0.2) is 18.4 Å². The van der Waals surface area contributed by atoms with Gasteiger partial charge < -0.3 is 9.47 Å². The van der Waals surface area contributed by atoms with Crippen molar-refractivity contribution in [3.8, 4) is 0 Å². The Labute approximate surface area is 118 Å². The molecule has 2 unspecified atom stereocenters. The third kappa shape index (κ3) is 5.94. The van der Waals surface area contributed by atoms with E-state index >= 15 is 0 Å². The number of ether oxygens (including phenoxy) is 2. The summed E-state index contributed by atoms with van der Waals surface area (Å²) in [6, 6.07) is 0. The van der Waals surface area contributed by atoms with E-state index in [0.717, 1.165) is 38.5 Å². The first-order chi connectivity index (χ1) is 9.21. The van der Waals surface area contributed by atoms with Crippen molar-refractivity contribution in [1.82, 2.24) is 0 Å². The average molecular weight is 270 g/mol. The maximum Gasteiger partial charge on any atom is 0.311 e. The number of carbonyl (C=O) groups is 1. The van der Waals surface area contributed by atoms with Gasteiger partial charge >= 0.3 is 5.97 Å². The second kappa shape index (κ2) is 9.35. The van der Waals surface area contributed by atoms with Gasteiger partial charge in [-0.2, -0.15) is 0 Å². The van der Waals surface area contributed by atoms with Gasteiger partial charge in [0, 0.05) is 6.42 Å². The summed E-state index contributed by atoms with van der Waals surface area (Å²) in [7, 11) is 0. The van der Waals surface area contributed by atoms with E-state index < -0.39 is 0 Å². The van der Waals surface area contributed by atoms with Crippen LogP contribution in [0.3, 0.4) is 0 Å². The van der Waals surface area contributed by atoms with Crippen LogP contribution in [0.5, 0.6) is 0 Å². The standard InChI is InChI=1S/C16H30O3/c1-4-10-13(5-2)16(17)19-15(6-3)18-14-11-8-7-9-12-14/h13-15H,4-12H2,1-3H3. The molecular weight excluding hydrogens is 240 g/mol. The molecule has 0 spiro atoms. The van der Waals surface area contributed by atoms with Crippen LogP contribution in [0.4, 0.5) is 0 Å². The zero-order valence-corrected chi connectivity index (χ0v) is 12.8. The van der Waals surface area contributed by atoms with Gasteiger partial charge in [0.25, 0.3) is 0 Å². The molecule has 1 rings (SSSR count). The Morgan fingerprint density at radius 3 is 2.32 bits per heavy atom. The largest absolute Gasteiger partial charge is 0.436 e. The highest BCUT2D eigenvalue weighted by atomic mass is 16.7. The fourth-order valence-corrected chi connectivity index (χ4v) is 2.69. The van der Waals surface area contributed by atoms with Crippen molar-refractivity contribution in [2.24, 2.45) is 5.92 Å². The molecule has 2 atom stereocenters. The van der Waals surface area contributed by atoms with E-state index in [2.05, 4.69) is 6.92 Å². The monoisotopic (exact) mass is 270 g/mol. The van der Waals surface area contributed by atoms with E-state index in [1.807, 2.05) is 13.8 Å². The SMILES string of the molecule is CCCC(CC)C(=O)OC(CC)OC1CCCCC1. The van der Waals surface area contributed by atoms with Crippen molar-refractivity contribution in [2.45, 2.75) is 91.0 Å². The minimum atomic E-state index is -0.346. The van der Waals surface area contributed by atoms with Crippen molar-refractivity contribution < 1.29 is 14.3 Å². The van der Waals surface area contributed by atoms with E-state index in [0.29, 0.717) is 0 Å². The van der Waals surface area contributed by atoms with Crippen LogP contribution in [0.25, 0.3) is 0 Å². The molecule has 0 bridgehead atoms. The maximum atomic E-state index is 12.1. The molecule has 1 saturated carbocycles. The zero-order chi connectivity index (χ0) is 14.1. The highest BCUT2D eigenvalue weighted by Gasteiger charge is 2.24. The van der Waals surface area contributed by atoms with E-state index in [-0.39, 0.29) is 24.3 Å². The van der Waals surface area contributed by atoms with Crippen LogP contribution in [0.2, 0.25) is 0 Å². The van der Waals surface area contributed by atoms with Crippen molar-refractivity contribution in [3.05, 3.63) is 0 Å². The molecule has 0 heterocycles. The van der Waals surface area contributed by atoms with Gasteiger partial charge in [-0.15, -0.1) is 0 Å². The highest BCUT2D eigenvalue weighted by molar-refractivity contribution is 5.72. The minimum Gasteiger partial charge on any atom is -0.436 e. The molecular formula is C16H30O3. The molecule has 0 N–H and O–H groups in total. The Morgan fingerprint density at radius 1 is 1.11 bits per heavy atom. The van der Waals surface area contributed by atoms with Crippen molar-refractivity contribution >= 4 is 5.97 Å². The lowest BCUT2D eigenvalue weighted by atomic mass is 9.98. The molecule has 19 heavy (non-hydrogen) atoms. The first-order valence-corrected chi connectivity index (χ1v) is 8.07. The third-order valence-corrected chi connectivity index (χ3v) is 3.94. The first-order valence-electron chi connectivity index (χ1n) is 8.07. The molecule has 0 aromatic carbocycles. The maximum absolute atomic E-state index is 12.1. The number of esters is 1. The minimum absolute atomic E-state index is 0.0361. The van der Waals surface area contributed by atoms with Gasteiger partial charge in [0.1, 0.15) is 0 Å². The van der Waals surface area contributed by atoms with Gasteiger partial charge in [0.15, 0.2) is 0 Å². The van der Waals surface area contributed by atoms with Gasteiger partial charge in [-0.1, -0.05) is 46.5 Å². The molecule has 1 fully saturated rings. The third-order valence-electron chi connectivity index (χ3n) is 3.94. The average Bonchev–Trinajstić information content (AvgIpc) is 2.44. The van der Waals surface area contributed by atoms with Crippen LogP contribution in [0.1, 0.15) is 78.6 Å². The van der Waals surface area contributed by atoms with Crippen LogP contribution >= 0.6 is 0 Å². The predicted octanol–water partition coefficient (Wildman–Crippen LogP) is 4.44. The van der Waals surface area contributed by atoms with E-state index in [1.54, 1.807) is 0 Å². The predicted molar refractivity (Wildman–Crippen MR) is 76.8 cm³/mol. The second-order valence-corrected chi connectivity index (χ2v) is 5.56. The summed E-state index contributed by atoms with van der Waals surface area (Å²) in [6.07, 6.45) is 9.48. The van der Waals surface area contributed by atoms with Gasteiger partial charge in [-0.3, -0.25) is 4.79 Å².